The number of aromatic nitrogens is 3. The average molecular weight is 352 g/mol. The fourth-order valence-electron chi connectivity index (χ4n) is 2.88. The normalized spacial score (nSPS) is 20.2. The first-order valence-corrected chi connectivity index (χ1v) is 9.71. The largest absolute Gasteiger partial charge is 0.283 e. The van der Waals surface area contributed by atoms with E-state index in [1.165, 1.54) is 0 Å². The van der Waals surface area contributed by atoms with Gasteiger partial charge in [0.05, 0.1) is 23.9 Å². The van der Waals surface area contributed by atoms with Crippen LogP contribution in [-0.2, 0) is 16.5 Å². The fourth-order valence-corrected chi connectivity index (χ4v) is 4.94. The van der Waals surface area contributed by atoms with Crippen LogP contribution < -0.4 is 0 Å². The van der Waals surface area contributed by atoms with Crippen LogP contribution >= 0.6 is 12.2 Å². The van der Waals surface area contributed by atoms with Gasteiger partial charge < -0.3 is 0 Å². The number of benzene rings is 1. The summed E-state index contributed by atoms with van der Waals surface area (Å²) in [5.41, 5.74) is 2.13. The molecule has 23 heavy (non-hydrogen) atoms. The van der Waals surface area contributed by atoms with Crippen molar-refractivity contribution in [3.8, 4) is 5.69 Å². The predicted octanol–water partition coefficient (Wildman–Crippen LogP) is 1.79. The van der Waals surface area contributed by atoms with E-state index in [0.717, 1.165) is 11.3 Å². The second-order valence-corrected chi connectivity index (χ2v) is 8.62. The maximum atomic E-state index is 11.6. The Morgan fingerprint density at radius 3 is 2.78 bits per heavy atom. The highest BCUT2D eigenvalue weighted by Gasteiger charge is 2.30. The Hall–Kier alpha value is -1.51. The van der Waals surface area contributed by atoms with Crippen molar-refractivity contribution < 1.29 is 8.42 Å². The molecule has 2 aromatic rings. The van der Waals surface area contributed by atoms with E-state index in [1.807, 2.05) is 47.7 Å². The summed E-state index contributed by atoms with van der Waals surface area (Å²) in [6, 6.07) is 8.03. The van der Waals surface area contributed by atoms with Gasteiger partial charge in [-0.1, -0.05) is 18.2 Å². The molecular weight excluding hydrogens is 332 g/mol. The van der Waals surface area contributed by atoms with Crippen LogP contribution in [0.4, 0.5) is 0 Å². The predicted molar refractivity (Wildman–Crippen MR) is 91.9 cm³/mol. The number of sulfone groups is 1. The minimum absolute atomic E-state index is 0.0329. The lowest BCUT2D eigenvalue weighted by Gasteiger charge is -2.22. The number of nitrogens with zero attached hydrogens (tertiary/aromatic N) is 4. The Bertz CT molecular complexity index is 870. The summed E-state index contributed by atoms with van der Waals surface area (Å²) in [6.07, 6.45) is 2.38. The Labute approximate surface area is 141 Å². The molecule has 3 rings (SSSR count). The van der Waals surface area contributed by atoms with Crippen LogP contribution in [0.2, 0.25) is 0 Å². The Kier molecular flexibility index (Phi) is 4.39. The van der Waals surface area contributed by atoms with Crippen LogP contribution in [0.1, 0.15) is 12.0 Å². The molecule has 1 aliphatic rings. The molecule has 0 spiro atoms. The summed E-state index contributed by atoms with van der Waals surface area (Å²) in [4.78, 5) is 2.01. The van der Waals surface area contributed by atoms with Crippen molar-refractivity contribution in [3.63, 3.8) is 0 Å². The molecule has 8 heteroatoms. The highest BCUT2D eigenvalue weighted by molar-refractivity contribution is 7.91. The van der Waals surface area contributed by atoms with Crippen molar-refractivity contribution in [2.24, 2.45) is 0 Å². The van der Waals surface area contributed by atoms with Gasteiger partial charge in [0.25, 0.3) is 0 Å². The van der Waals surface area contributed by atoms with Crippen LogP contribution in [0.3, 0.4) is 0 Å². The first kappa shape index (κ1) is 16.4. The van der Waals surface area contributed by atoms with Crippen molar-refractivity contribution in [2.75, 3.05) is 18.6 Å². The number of hydrogen-bond donors (Lipinski definition) is 0. The molecule has 6 nitrogen and oxygen atoms in total. The van der Waals surface area contributed by atoms with Crippen LogP contribution in [0.25, 0.3) is 5.69 Å². The first-order valence-electron chi connectivity index (χ1n) is 7.48. The summed E-state index contributed by atoms with van der Waals surface area (Å²) >= 11 is 5.52. The monoisotopic (exact) mass is 352 g/mol. The maximum absolute atomic E-state index is 11.6. The van der Waals surface area contributed by atoms with E-state index in [2.05, 4.69) is 5.10 Å². The van der Waals surface area contributed by atoms with Gasteiger partial charge in [0.1, 0.15) is 6.33 Å². The highest BCUT2D eigenvalue weighted by atomic mass is 32.2. The third-order valence-electron chi connectivity index (χ3n) is 4.30. The van der Waals surface area contributed by atoms with Gasteiger partial charge in [0.15, 0.2) is 9.84 Å². The Morgan fingerprint density at radius 2 is 2.13 bits per heavy atom. The van der Waals surface area contributed by atoms with E-state index in [-0.39, 0.29) is 17.5 Å². The number of hydrogen-bond acceptors (Lipinski definition) is 5. The topological polar surface area (TPSA) is 60.1 Å². The van der Waals surface area contributed by atoms with Crippen molar-refractivity contribution in [1.29, 1.82) is 0 Å². The zero-order valence-electron chi connectivity index (χ0n) is 13.2. The lowest BCUT2D eigenvalue weighted by molar-refractivity contribution is 0.196. The van der Waals surface area contributed by atoms with E-state index < -0.39 is 9.84 Å². The maximum Gasteiger partial charge on any atom is 0.203 e. The molecule has 0 aliphatic carbocycles. The quantitative estimate of drug-likeness (QED) is 0.785. The molecule has 0 saturated carbocycles. The molecule has 124 valence electrons. The van der Waals surface area contributed by atoms with E-state index >= 15 is 0 Å². The van der Waals surface area contributed by atoms with Gasteiger partial charge in [-0.2, -0.15) is 5.10 Å². The molecule has 0 bridgehead atoms. The standard InChI is InChI=1S/C15H20N4O2S2/c1-12-5-3-4-6-14(12)18-10-16-19(15(18)22)11-17(2)13-7-8-23(20,21)9-13/h3-6,10,13H,7-9,11H2,1-2H3/t13-/m1/s1. The van der Waals surface area contributed by atoms with E-state index in [0.29, 0.717) is 17.9 Å². The Balaban J connectivity index is 1.81. The van der Waals surface area contributed by atoms with Gasteiger partial charge in [0, 0.05) is 6.04 Å². The van der Waals surface area contributed by atoms with Gasteiger partial charge >= 0.3 is 0 Å². The van der Waals surface area contributed by atoms with E-state index in [4.69, 9.17) is 12.2 Å². The van der Waals surface area contributed by atoms with Crippen molar-refractivity contribution in [3.05, 3.63) is 40.9 Å². The van der Waals surface area contributed by atoms with Gasteiger partial charge in [-0.15, -0.1) is 0 Å². The summed E-state index contributed by atoms with van der Waals surface area (Å²) in [5, 5.41) is 4.37. The van der Waals surface area contributed by atoms with E-state index in [9.17, 15) is 8.42 Å². The molecule has 0 unspecified atom stereocenters. The second kappa shape index (κ2) is 6.18. The second-order valence-electron chi connectivity index (χ2n) is 6.02. The zero-order chi connectivity index (χ0) is 16.6. The van der Waals surface area contributed by atoms with Gasteiger partial charge in [0.2, 0.25) is 4.77 Å². The molecular formula is C15H20N4O2S2. The summed E-state index contributed by atoms with van der Waals surface area (Å²) in [5.74, 6) is 0.486. The molecule has 1 aromatic carbocycles. The van der Waals surface area contributed by atoms with Crippen LogP contribution in [-0.4, -0.2) is 52.3 Å². The molecule has 0 radical (unpaired) electrons. The Morgan fingerprint density at radius 1 is 1.39 bits per heavy atom. The minimum Gasteiger partial charge on any atom is -0.283 e. The smallest absolute Gasteiger partial charge is 0.203 e. The third kappa shape index (κ3) is 3.39. The van der Waals surface area contributed by atoms with Crippen LogP contribution in [0.15, 0.2) is 30.6 Å². The highest BCUT2D eigenvalue weighted by Crippen LogP contribution is 2.18. The number of para-hydroxylation sites is 1. The summed E-state index contributed by atoms with van der Waals surface area (Å²) < 4.78 is 27.4. The first-order chi connectivity index (χ1) is 10.9. The van der Waals surface area contributed by atoms with Gasteiger partial charge in [-0.3, -0.25) is 9.47 Å². The third-order valence-corrected chi connectivity index (χ3v) is 6.45. The lowest BCUT2D eigenvalue weighted by atomic mass is 10.2. The minimum atomic E-state index is -2.89. The molecule has 0 N–H and O–H groups in total. The van der Waals surface area contributed by atoms with Crippen molar-refractivity contribution >= 4 is 22.1 Å². The lowest BCUT2D eigenvalue weighted by Crippen LogP contribution is -2.34. The molecule has 1 fully saturated rings. The molecule has 1 aromatic heterocycles. The fraction of sp³-hybridized carbons (Fsp3) is 0.467. The van der Waals surface area contributed by atoms with Gasteiger partial charge in [-0.25, -0.2) is 13.1 Å². The molecule has 2 heterocycles. The van der Waals surface area contributed by atoms with Crippen molar-refractivity contribution in [2.45, 2.75) is 26.1 Å². The molecule has 0 amide bonds. The van der Waals surface area contributed by atoms with Crippen LogP contribution in [0, 0.1) is 11.7 Å². The van der Waals surface area contributed by atoms with Gasteiger partial charge in [-0.05, 0) is 44.2 Å². The summed E-state index contributed by atoms with van der Waals surface area (Å²) in [7, 11) is -0.972. The number of aryl methyl sites for hydroxylation is 1. The SMILES string of the molecule is Cc1ccccc1-n1cnn(CN(C)[C@@H]2CCS(=O)(=O)C2)c1=S. The van der Waals surface area contributed by atoms with E-state index in [1.54, 1.807) is 11.0 Å². The molecule has 1 aliphatic heterocycles. The summed E-state index contributed by atoms with van der Waals surface area (Å²) in [6.45, 7) is 2.52. The average Bonchev–Trinajstić information content (AvgIpc) is 3.03. The zero-order valence-corrected chi connectivity index (χ0v) is 14.8. The van der Waals surface area contributed by atoms with Crippen molar-refractivity contribution in [1.82, 2.24) is 19.2 Å². The molecule has 1 saturated heterocycles. The number of rotatable bonds is 4. The van der Waals surface area contributed by atoms with Crippen LogP contribution in [0.5, 0.6) is 0 Å². The molecule has 1 atom stereocenters.